The minimum absolute atomic E-state index is 0.149. The number of sulfone groups is 1. The Morgan fingerprint density at radius 3 is 2.67 bits per heavy atom. The second kappa shape index (κ2) is 7.09. The molecule has 2 atom stereocenters. The zero-order chi connectivity index (χ0) is 15.5. The number of carbonyl (C=O) groups excluding carboxylic acids is 1. The normalized spacial score (nSPS) is 29.6. The maximum absolute atomic E-state index is 12.6. The van der Waals surface area contributed by atoms with Crippen LogP contribution in [0.15, 0.2) is 0 Å². The van der Waals surface area contributed by atoms with Gasteiger partial charge in [0.1, 0.15) is 5.25 Å². The van der Waals surface area contributed by atoms with E-state index in [4.69, 9.17) is 0 Å². The van der Waals surface area contributed by atoms with Crippen LogP contribution in [0.3, 0.4) is 0 Å². The van der Waals surface area contributed by atoms with Gasteiger partial charge in [0.2, 0.25) is 5.91 Å². The lowest BCUT2D eigenvalue weighted by Crippen LogP contribution is -2.50. The average molecular weight is 316 g/mol. The average Bonchev–Trinajstić information content (AvgIpc) is 2.44. The lowest BCUT2D eigenvalue weighted by Gasteiger charge is -2.36. The van der Waals surface area contributed by atoms with Crippen molar-refractivity contribution in [1.82, 2.24) is 10.2 Å². The third kappa shape index (κ3) is 4.42. The Balaban J connectivity index is 1.95. The molecule has 2 aliphatic heterocycles. The van der Waals surface area contributed by atoms with Crippen molar-refractivity contribution in [1.29, 1.82) is 0 Å². The molecule has 0 spiro atoms. The predicted octanol–water partition coefficient (Wildman–Crippen LogP) is 1.19. The summed E-state index contributed by atoms with van der Waals surface area (Å²) in [7, 11) is -3.22. The van der Waals surface area contributed by atoms with Gasteiger partial charge in [-0.3, -0.25) is 4.79 Å². The summed E-state index contributed by atoms with van der Waals surface area (Å²) in [6.07, 6.45) is 4.14. The molecule has 0 aromatic rings. The molecule has 2 unspecified atom stereocenters. The van der Waals surface area contributed by atoms with Crippen molar-refractivity contribution >= 4 is 15.7 Å². The quantitative estimate of drug-likeness (QED) is 0.846. The van der Waals surface area contributed by atoms with Crippen molar-refractivity contribution in [2.24, 2.45) is 5.92 Å². The van der Waals surface area contributed by atoms with Gasteiger partial charge in [-0.15, -0.1) is 0 Å². The molecule has 5 nitrogen and oxygen atoms in total. The van der Waals surface area contributed by atoms with Gasteiger partial charge in [-0.05, 0) is 38.1 Å². The van der Waals surface area contributed by atoms with Crippen LogP contribution < -0.4 is 5.32 Å². The molecule has 2 aliphatic rings. The van der Waals surface area contributed by atoms with Crippen LogP contribution in [0.25, 0.3) is 0 Å². The number of hydrogen-bond donors (Lipinski definition) is 1. The smallest absolute Gasteiger partial charge is 0.240 e. The van der Waals surface area contributed by atoms with Gasteiger partial charge >= 0.3 is 0 Å². The number of hydrogen-bond acceptors (Lipinski definition) is 4. The SMILES string of the molecule is CC(C)NCC1CCCN(C(=O)C2CCCCS2(=O)=O)C1. The first-order valence-corrected chi connectivity index (χ1v) is 9.85. The van der Waals surface area contributed by atoms with Crippen molar-refractivity contribution in [3.63, 3.8) is 0 Å². The van der Waals surface area contributed by atoms with E-state index in [0.717, 1.165) is 25.8 Å². The van der Waals surface area contributed by atoms with Crippen molar-refractivity contribution in [3.05, 3.63) is 0 Å². The van der Waals surface area contributed by atoms with Crippen LogP contribution in [0.1, 0.15) is 46.0 Å². The fourth-order valence-electron chi connectivity index (χ4n) is 3.27. The maximum atomic E-state index is 12.6. The van der Waals surface area contributed by atoms with Gasteiger partial charge in [-0.2, -0.15) is 0 Å². The highest BCUT2D eigenvalue weighted by Crippen LogP contribution is 2.24. The molecule has 0 radical (unpaired) electrons. The van der Waals surface area contributed by atoms with E-state index in [0.29, 0.717) is 37.9 Å². The Labute approximate surface area is 128 Å². The number of nitrogens with zero attached hydrogens (tertiary/aromatic N) is 1. The Kier molecular flexibility index (Phi) is 5.66. The maximum Gasteiger partial charge on any atom is 0.240 e. The molecular formula is C15H28N2O3S. The van der Waals surface area contributed by atoms with E-state index in [1.807, 2.05) is 0 Å². The van der Waals surface area contributed by atoms with Gasteiger partial charge in [0, 0.05) is 19.1 Å². The standard InChI is InChI=1S/C15H28N2O3S/c1-12(2)16-10-13-6-5-8-17(11-13)15(18)14-7-3-4-9-21(14,19)20/h12-14,16H,3-11H2,1-2H3. The highest BCUT2D eigenvalue weighted by molar-refractivity contribution is 7.92. The first kappa shape index (κ1) is 16.7. The third-order valence-corrected chi connectivity index (χ3v) is 6.66. The van der Waals surface area contributed by atoms with E-state index >= 15 is 0 Å². The van der Waals surface area contributed by atoms with E-state index in [1.54, 1.807) is 4.90 Å². The van der Waals surface area contributed by atoms with E-state index in [1.165, 1.54) is 0 Å². The van der Waals surface area contributed by atoms with E-state index < -0.39 is 15.1 Å². The van der Waals surface area contributed by atoms with Crippen LogP contribution in [0, 0.1) is 5.92 Å². The van der Waals surface area contributed by atoms with E-state index in [2.05, 4.69) is 19.2 Å². The van der Waals surface area contributed by atoms with Crippen LogP contribution in [0.2, 0.25) is 0 Å². The molecular weight excluding hydrogens is 288 g/mol. The second-order valence-electron chi connectivity index (χ2n) is 6.71. The summed E-state index contributed by atoms with van der Waals surface area (Å²) in [5.41, 5.74) is 0. The Bertz CT molecular complexity index is 462. The lowest BCUT2D eigenvalue weighted by atomic mass is 9.97. The molecule has 2 fully saturated rings. The van der Waals surface area contributed by atoms with Crippen LogP contribution in [0.5, 0.6) is 0 Å². The van der Waals surface area contributed by atoms with Crippen LogP contribution in [-0.4, -0.2) is 55.9 Å². The van der Waals surface area contributed by atoms with Crippen LogP contribution >= 0.6 is 0 Å². The van der Waals surface area contributed by atoms with Gasteiger partial charge in [0.15, 0.2) is 9.84 Å². The third-order valence-electron chi connectivity index (χ3n) is 4.50. The number of piperidine rings is 1. The summed E-state index contributed by atoms with van der Waals surface area (Å²) >= 11 is 0. The van der Waals surface area contributed by atoms with Crippen LogP contribution in [0.4, 0.5) is 0 Å². The van der Waals surface area contributed by atoms with Crippen molar-refractivity contribution in [2.75, 3.05) is 25.4 Å². The zero-order valence-corrected chi connectivity index (χ0v) is 14.0. The molecule has 0 aliphatic carbocycles. The van der Waals surface area contributed by atoms with Gasteiger partial charge in [0.05, 0.1) is 5.75 Å². The van der Waals surface area contributed by atoms with E-state index in [-0.39, 0.29) is 11.7 Å². The molecule has 0 saturated carbocycles. The van der Waals surface area contributed by atoms with E-state index in [9.17, 15) is 13.2 Å². The summed E-state index contributed by atoms with van der Waals surface area (Å²) in [5.74, 6) is 0.468. The monoisotopic (exact) mass is 316 g/mol. The molecule has 122 valence electrons. The van der Waals surface area contributed by atoms with Gasteiger partial charge in [-0.25, -0.2) is 8.42 Å². The molecule has 2 heterocycles. The fraction of sp³-hybridized carbons (Fsp3) is 0.933. The molecule has 0 bridgehead atoms. The number of likely N-dealkylation sites (tertiary alicyclic amines) is 1. The molecule has 1 N–H and O–H groups in total. The molecule has 1 amide bonds. The molecule has 0 aromatic heterocycles. The van der Waals surface area contributed by atoms with Gasteiger partial charge < -0.3 is 10.2 Å². The number of carbonyl (C=O) groups is 1. The molecule has 2 saturated heterocycles. The largest absolute Gasteiger partial charge is 0.341 e. The predicted molar refractivity (Wildman–Crippen MR) is 83.9 cm³/mol. The van der Waals surface area contributed by atoms with Crippen molar-refractivity contribution in [2.45, 2.75) is 57.2 Å². The summed E-state index contributed by atoms with van der Waals surface area (Å²) in [6.45, 7) is 6.53. The Hall–Kier alpha value is -0.620. The first-order valence-electron chi connectivity index (χ1n) is 8.14. The zero-order valence-electron chi connectivity index (χ0n) is 13.2. The van der Waals surface area contributed by atoms with Gasteiger partial charge in [0.25, 0.3) is 0 Å². The Morgan fingerprint density at radius 2 is 2.00 bits per heavy atom. The molecule has 0 aromatic carbocycles. The number of rotatable bonds is 4. The highest BCUT2D eigenvalue weighted by Gasteiger charge is 2.38. The molecule has 2 rings (SSSR count). The summed E-state index contributed by atoms with van der Waals surface area (Å²) in [6, 6.07) is 0.440. The van der Waals surface area contributed by atoms with Crippen molar-refractivity contribution < 1.29 is 13.2 Å². The minimum atomic E-state index is -3.22. The summed E-state index contributed by atoms with van der Waals surface area (Å²) in [4.78, 5) is 14.4. The number of amides is 1. The number of nitrogens with one attached hydrogen (secondary N) is 1. The van der Waals surface area contributed by atoms with Crippen molar-refractivity contribution in [3.8, 4) is 0 Å². The summed E-state index contributed by atoms with van der Waals surface area (Å²) in [5, 5.41) is 2.64. The lowest BCUT2D eigenvalue weighted by molar-refractivity contribution is -0.132. The molecule has 21 heavy (non-hydrogen) atoms. The fourth-order valence-corrected chi connectivity index (χ4v) is 5.14. The molecule has 6 heteroatoms. The highest BCUT2D eigenvalue weighted by atomic mass is 32.2. The Morgan fingerprint density at radius 1 is 1.24 bits per heavy atom. The first-order chi connectivity index (χ1) is 9.90. The van der Waals surface area contributed by atoms with Crippen LogP contribution in [-0.2, 0) is 14.6 Å². The minimum Gasteiger partial charge on any atom is -0.341 e. The van der Waals surface area contributed by atoms with Gasteiger partial charge in [-0.1, -0.05) is 20.3 Å². The second-order valence-corrected chi connectivity index (χ2v) is 9.01. The topological polar surface area (TPSA) is 66.5 Å². The summed E-state index contributed by atoms with van der Waals surface area (Å²) < 4.78 is 24.2.